The molecule has 2 rings (SSSR count). The van der Waals surface area contributed by atoms with Gasteiger partial charge < -0.3 is 0 Å². The number of hydrogen-bond donors (Lipinski definition) is 0. The van der Waals surface area contributed by atoms with E-state index in [0.29, 0.717) is 11.7 Å². The van der Waals surface area contributed by atoms with Gasteiger partial charge >= 0.3 is 0 Å². The lowest BCUT2D eigenvalue weighted by Crippen LogP contribution is -2.02. The van der Waals surface area contributed by atoms with Gasteiger partial charge in [0.15, 0.2) is 5.82 Å². The van der Waals surface area contributed by atoms with Crippen molar-refractivity contribution in [2.45, 2.75) is 5.88 Å². The molecule has 0 spiro atoms. The summed E-state index contributed by atoms with van der Waals surface area (Å²) in [5, 5.41) is 7.92. The zero-order valence-corrected chi connectivity index (χ0v) is 7.52. The summed E-state index contributed by atoms with van der Waals surface area (Å²) in [7, 11) is 0. The Hall–Kier alpha value is -1.42. The van der Waals surface area contributed by atoms with E-state index < -0.39 is 0 Å². The molecule has 0 atom stereocenters. The van der Waals surface area contributed by atoms with Crippen LogP contribution in [-0.2, 0) is 5.88 Å². The molecule has 0 aliphatic carbocycles. The summed E-state index contributed by atoms with van der Waals surface area (Å²) in [6.07, 6.45) is 3.21. The monoisotopic (exact) mass is 194 g/mol. The molecule has 0 amide bonds. The van der Waals surface area contributed by atoms with Crippen molar-refractivity contribution in [3.63, 3.8) is 0 Å². The van der Waals surface area contributed by atoms with Gasteiger partial charge in [0.1, 0.15) is 0 Å². The number of pyridine rings is 1. The van der Waals surface area contributed by atoms with E-state index in [-0.39, 0.29) is 0 Å². The maximum absolute atomic E-state index is 5.65. The fraction of sp³-hybridized carbons (Fsp3) is 0.125. The van der Waals surface area contributed by atoms with Gasteiger partial charge in [-0.1, -0.05) is 6.07 Å². The van der Waals surface area contributed by atoms with Crippen molar-refractivity contribution < 1.29 is 0 Å². The quantitative estimate of drug-likeness (QED) is 0.679. The van der Waals surface area contributed by atoms with Gasteiger partial charge in [-0.2, -0.15) is 10.2 Å². The summed E-state index contributed by atoms with van der Waals surface area (Å²) in [6, 6.07) is 5.57. The van der Waals surface area contributed by atoms with E-state index in [4.69, 9.17) is 11.6 Å². The normalized spacial score (nSPS) is 10.2. The van der Waals surface area contributed by atoms with Crippen LogP contribution < -0.4 is 0 Å². The van der Waals surface area contributed by atoms with Gasteiger partial charge in [0.25, 0.3) is 0 Å². The average Bonchev–Trinajstić information content (AvgIpc) is 2.71. The molecule has 13 heavy (non-hydrogen) atoms. The molecule has 0 unspecified atom stereocenters. The van der Waals surface area contributed by atoms with Crippen LogP contribution in [0.3, 0.4) is 0 Å². The second-order valence-electron chi connectivity index (χ2n) is 2.44. The molecule has 0 N–H and O–H groups in total. The number of hydrogen-bond acceptors (Lipinski definition) is 3. The van der Waals surface area contributed by atoms with E-state index in [1.807, 2.05) is 18.2 Å². The second-order valence-corrected chi connectivity index (χ2v) is 2.71. The predicted octanol–water partition coefficient (Wildman–Crippen LogP) is 1.40. The first-order chi connectivity index (χ1) is 6.40. The molecule has 66 valence electrons. The first-order valence-corrected chi connectivity index (χ1v) is 4.32. The van der Waals surface area contributed by atoms with Gasteiger partial charge in [0.2, 0.25) is 0 Å². The van der Waals surface area contributed by atoms with Crippen molar-refractivity contribution in [3.05, 3.63) is 36.3 Å². The van der Waals surface area contributed by atoms with E-state index in [0.717, 1.165) is 5.69 Å². The van der Waals surface area contributed by atoms with Crippen molar-refractivity contribution in [1.82, 2.24) is 20.0 Å². The molecule has 5 heteroatoms. The smallest absolute Gasteiger partial charge is 0.174 e. The molecule has 0 saturated carbocycles. The van der Waals surface area contributed by atoms with Crippen LogP contribution in [0.4, 0.5) is 0 Å². The highest BCUT2D eigenvalue weighted by atomic mass is 35.5. The third-order valence-corrected chi connectivity index (χ3v) is 1.83. The Morgan fingerprint density at radius 3 is 2.69 bits per heavy atom. The molecule has 0 bridgehead atoms. The van der Waals surface area contributed by atoms with Gasteiger partial charge in [-0.25, -0.2) is 4.98 Å². The molecular weight excluding hydrogens is 188 g/mol. The van der Waals surface area contributed by atoms with E-state index in [1.165, 1.54) is 4.80 Å². The van der Waals surface area contributed by atoms with Crippen LogP contribution in [0.5, 0.6) is 0 Å². The van der Waals surface area contributed by atoms with Crippen LogP contribution in [-0.4, -0.2) is 20.0 Å². The SMILES string of the molecule is ClCc1cccc(-n2nccn2)n1. The molecule has 2 aromatic heterocycles. The average molecular weight is 195 g/mol. The first kappa shape index (κ1) is 8.19. The van der Waals surface area contributed by atoms with Crippen LogP contribution in [0, 0.1) is 0 Å². The highest BCUT2D eigenvalue weighted by molar-refractivity contribution is 6.16. The van der Waals surface area contributed by atoms with Crippen molar-refractivity contribution in [2.24, 2.45) is 0 Å². The maximum atomic E-state index is 5.65. The molecular formula is C8H7ClN4. The summed E-state index contributed by atoms with van der Waals surface area (Å²) >= 11 is 5.65. The number of alkyl halides is 1. The van der Waals surface area contributed by atoms with Gasteiger partial charge in [-0.3, -0.25) is 0 Å². The van der Waals surface area contributed by atoms with E-state index in [2.05, 4.69) is 15.2 Å². The Labute approximate surface area is 80.2 Å². The Kier molecular flexibility index (Phi) is 2.23. The van der Waals surface area contributed by atoms with Gasteiger partial charge in [-0.05, 0) is 12.1 Å². The van der Waals surface area contributed by atoms with Gasteiger partial charge in [-0.15, -0.1) is 16.4 Å². The van der Waals surface area contributed by atoms with E-state index >= 15 is 0 Å². The molecule has 0 aliphatic heterocycles. The minimum atomic E-state index is 0.398. The number of nitrogens with zero attached hydrogens (tertiary/aromatic N) is 4. The maximum Gasteiger partial charge on any atom is 0.174 e. The number of rotatable bonds is 2. The minimum Gasteiger partial charge on any atom is -0.231 e. The largest absolute Gasteiger partial charge is 0.231 e. The summed E-state index contributed by atoms with van der Waals surface area (Å²) < 4.78 is 0. The number of halogens is 1. The van der Waals surface area contributed by atoms with Crippen molar-refractivity contribution in [3.8, 4) is 5.82 Å². The molecule has 0 radical (unpaired) electrons. The third-order valence-electron chi connectivity index (χ3n) is 1.55. The highest BCUT2D eigenvalue weighted by Crippen LogP contribution is 2.04. The lowest BCUT2D eigenvalue weighted by Gasteiger charge is -1.99. The van der Waals surface area contributed by atoms with Crippen molar-refractivity contribution >= 4 is 11.6 Å². The third kappa shape index (κ3) is 1.67. The lowest BCUT2D eigenvalue weighted by atomic mass is 10.4. The Morgan fingerprint density at radius 2 is 2.00 bits per heavy atom. The molecule has 0 aliphatic rings. The molecule has 2 heterocycles. The Bertz CT molecular complexity index is 385. The molecule has 2 aromatic rings. The van der Waals surface area contributed by atoms with Gasteiger partial charge in [0.05, 0.1) is 24.0 Å². The second kappa shape index (κ2) is 3.53. The summed E-state index contributed by atoms with van der Waals surface area (Å²) in [5.74, 6) is 1.08. The zero-order chi connectivity index (χ0) is 9.10. The number of aromatic nitrogens is 4. The molecule has 4 nitrogen and oxygen atoms in total. The fourth-order valence-corrected chi connectivity index (χ4v) is 1.14. The van der Waals surface area contributed by atoms with Crippen LogP contribution in [0.25, 0.3) is 5.82 Å². The van der Waals surface area contributed by atoms with E-state index in [1.54, 1.807) is 12.4 Å². The van der Waals surface area contributed by atoms with Crippen molar-refractivity contribution in [1.29, 1.82) is 0 Å². The first-order valence-electron chi connectivity index (χ1n) is 3.79. The van der Waals surface area contributed by atoms with E-state index in [9.17, 15) is 0 Å². The topological polar surface area (TPSA) is 43.6 Å². The van der Waals surface area contributed by atoms with Crippen LogP contribution >= 0.6 is 11.6 Å². The Balaban J connectivity index is 2.41. The highest BCUT2D eigenvalue weighted by Gasteiger charge is 1.99. The van der Waals surface area contributed by atoms with Gasteiger partial charge in [0, 0.05) is 0 Å². The fourth-order valence-electron chi connectivity index (χ4n) is 0.987. The molecule has 0 aromatic carbocycles. The lowest BCUT2D eigenvalue weighted by molar-refractivity contribution is 0.726. The molecule has 0 fully saturated rings. The molecule has 0 saturated heterocycles. The van der Waals surface area contributed by atoms with Crippen LogP contribution in [0.1, 0.15) is 5.69 Å². The van der Waals surface area contributed by atoms with Crippen LogP contribution in [0.2, 0.25) is 0 Å². The Morgan fingerprint density at radius 1 is 1.23 bits per heavy atom. The summed E-state index contributed by atoms with van der Waals surface area (Å²) in [6.45, 7) is 0. The predicted molar refractivity (Wildman–Crippen MR) is 48.7 cm³/mol. The zero-order valence-electron chi connectivity index (χ0n) is 6.76. The standard InChI is InChI=1S/C8H7ClN4/c9-6-7-2-1-3-8(12-7)13-10-4-5-11-13/h1-5H,6H2. The van der Waals surface area contributed by atoms with Crippen molar-refractivity contribution in [2.75, 3.05) is 0 Å². The van der Waals surface area contributed by atoms with Crippen LogP contribution in [0.15, 0.2) is 30.6 Å². The summed E-state index contributed by atoms with van der Waals surface area (Å²) in [4.78, 5) is 5.69. The summed E-state index contributed by atoms with van der Waals surface area (Å²) in [5.41, 5.74) is 0.816. The minimum absolute atomic E-state index is 0.398.